The van der Waals surface area contributed by atoms with Crippen LogP contribution in [0.4, 0.5) is 0 Å². The van der Waals surface area contributed by atoms with Crippen LogP contribution in [0.3, 0.4) is 0 Å². The Morgan fingerprint density at radius 1 is 0.271 bits per heavy atom. The molecule has 0 fully saturated rings. The number of rotatable bonds is 58. The van der Waals surface area contributed by atoms with Crippen LogP contribution in [-0.2, 0) is 28.6 Å². The first kappa shape index (κ1) is 68.4. The van der Waals surface area contributed by atoms with Crippen molar-refractivity contribution in [2.75, 3.05) is 13.2 Å². The van der Waals surface area contributed by atoms with Crippen molar-refractivity contribution in [3.63, 3.8) is 0 Å². The molecule has 0 bridgehead atoms. The molecular formula is C64H124O6. The molecule has 0 spiro atoms. The Morgan fingerprint density at radius 2 is 0.471 bits per heavy atom. The van der Waals surface area contributed by atoms with E-state index in [9.17, 15) is 14.4 Å². The minimum absolute atomic E-state index is 0.0618. The summed E-state index contributed by atoms with van der Waals surface area (Å²) >= 11 is 0. The van der Waals surface area contributed by atoms with E-state index >= 15 is 0 Å². The van der Waals surface area contributed by atoms with Crippen molar-refractivity contribution in [3.8, 4) is 0 Å². The van der Waals surface area contributed by atoms with Gasteiger partial charge in [0, 0.05) is 19.3 Å². The minimum Gasteiger partial charge on any atom is -0.462 e. The normalized spacial score (nSPS) is 12.0. The number of carbonyl (C=O) groups is 3. The summed E-state index contributed by atoms with van der Waals surface area (Å²) in [6.45, 7) is 11.5. The smallest absolute Gasteiger partial charge is 0.306 e. The van der Waals surface area contributed by atoms with Gasteiger partial charge in [0.2, 0.25) is 0 Å². The van der Waals surface area contributed by atoms with E-state index in [4.69, 9.17) is 14.2 Å². The van der Waals surface area contributed by atoms with Crippen LogP contribution in [0.5, 0.6) is 0 Å². The highest BCUT2D eigenvalue weighted by Gasteiger charge is 2.19. The van der Waals surface area contributed by atoms with Crippen molar-refractivity contribution < 1.29 is 28.6 Å². The molecule has 1 atom stereocenters. The van der Waals surface area contributed by atoms with Gasteiger partial charge in [-0.15, -0.1) is 0 Å². The summed E-state index contributed by atoms with van der Waals surface area (Å²) in [6, 6.07) is 0. The first-order valence-electron chi connectivity index (χ1n) is 31.7. The first-order chi connectivity index (χ1) is 34.2. The van der Waals surface area contributed by atoms with Crippen molar-refractivity contribution in [1.29, 1.82) is 0 Å². The Hall–Kier alpha value is -1.59. The molecular weight excluding hydrogens is 865 g/mol. The van der Waals surface area contributed by atoms with Crippen LogP contribution in [0.2, 0.25) is 0 Å². The lowest BCUT2D eigenvalue weighted by atomic mass is 10.0. The van der Waals surface area contributed by atoms with Gasteiger partial charge in [-0.1, -0.05) is 324 Å². The van der Waals surface area contributed by atoms with Crippen molar-refractivity contribution in [1.82, 2.24) is 0 Å². The summed E-state index contributed by atoms with van der Waals surface area (Å²) in [5.41, 5.74) is 0. The van der Waals surface area contributed by atoms with Crippen molar-refractivity contribution >= 4 is 17.9 Å². The quantitative estimate of drug-likeness (QED) is 0.0343. The lowest BCUT2D eigenvalue weighted by Gasteiger charge is -2.18. The average molecular weight is 990 g/mol. The molecule has 6 heteroatoms. The van der Waals surface area contributed by atoms with Gasteiger partial charge in [0.1, 0.15) is 13.2 Å². The second kappa shape index (κ2) is 56.7. The fourth-order valence-electron chi connectivity index (χ4n) is 9.93. The van der Waals surface area contributed by atoms with Gasteiger partial charge in [-0.25, -0.2) is 0 Å². The van der Waals surface area contributed by atoms with Crippen LogP contribution in [0, 0.1) is 11.8 Å². The van der Waals surface area contributed by atoms with E-state index in [0.717, 1.165) is 69.6 Å². The van der Waals surface area contributed by atoms with E-state index < -0.39 is 6.10 Å². The molecule has 0 heterocycles. The van der Waals surface area contributed by atoms with Gasteiger partial charge in [0.15, 0.2) is 6.10 Å². The van der Waals surface area contributed by atoms with Crippen LogP contribution in [-0.4, -0.2) is 37.2 Å². The van der Waals surface area contributed by atoms with Crippen molar-refractivity contribution in [3.05, 3.63) is 0 Å². The zero-order chi connectivity index (χ0) is 51.1. The third-order valence-corrected chi connectivity index (χ3v) is 14.7. The summed E-state index contributed by atoms with van der Waals surface area (Å²) in [4.78, 5) is 38.3. The Balaban J connectivity index is 4.29. The predicted octanol–water partition coefficient (Wildman–Crippen LogP) is 21.2. The molecule has 0 aliphatic heterocycles. The lowest BCUT2D eigenvalue weighted by Crippen LogP contribution is -2.30. The fraction of sp³-hybridized carbons (Fsp3) is 0.953. The topological polar surface area (TPSA) is 78.9 Å². The van der Waals surface area contributed by atoms with Gasteiger partial charge in [0.05, 0.1) is 0 Å². The monoisotopic (exact) mass is 989 g/mol. The molecule has 6 nitrogen and oxygen atoms in total. The Kier molecular flexibility index (Phi) is 55.4. The maximum Gasteiger partial charge on any atom is 0.306 e. The van der Waals surface area contributed by atoms with E-state index in [-0.39, 0.29) is 31.1 Å². The van der Waals surface area contributed by atoms with Crippen LogP contribution in [0.15, 0.2) is 0 Å². The van der Waals surface area contributed by atoms with Crippen LogP contribution < -0.4 is 0 Å². The van der Waals surface area contributed by atoms with Gasteiger partial charge >= 0.3 is 17.9 Å². The van der Waals surface area contributed by atoms with E-state index in [1.54, 1.807) is 0 Å². The van der Waals surface area contributed by atoms with Crippen molar-refractivity contribution in [2.24, 2.45) is 11.8 Å². The highest BCUT2D eigenvalue weighted by molar-refractivity contribution is 5.71. The summed E-state index contributed by atoms with van der Waals surface area (Å²) in [5, 5.41) is 0. The molecule has 0 saturated heterocycles. The van der Waals surface area contributed by atoms with Gasteiger partial charge in [0.25, 0.3) is 0 Å². The first-order valence-corrected chi connectivity index (χ1v) is 31.7. The second-order valence-corrected chi connectivity index (χ2v) is 23.0. The largest absolute Gasteiger partial charge is 0.462 e. The summed E-state index contributed by atoms with van der Waals surface area (Å²) in [6.07, 6.45) is 62.4. The maximum absolute atomic E-state index is 12.9. The minimum atomic E-state index is -0.763. The number of carbonyl (C=O) groups excluding carboxylic acids is 3. The van der Waals surface area contributed by atoms with Gasteiger partial charge in [-0.05, 0) is 31.1 Å². The molecule has 0 aliphatic rings. The van der Waals surface area contributed by atoms with E-state index in [2.05, 4.69) is 34.6 Å². The molecule has 416 valence electrons. The number of hydrogen-bond donors (Lipinski definition) is 0. The highest BCUT2D eigenvalue weighted by Crippen LogP contribution is 2.19. The Morgan fingerprint density at radius 3 is 0.700 bits per heavy atom. The molecule has 0 N–H and O–H groups in total. The van der Waals surface area contributed by atoms with E-state index in [1.165, 1.54) is 250 Å². The molecule has 0 aliphatic carbocycles. The van der Waals surface area contributed by atoms with Crippen LogP contribution >= 0.6 is 0 Å². The molecule has 0 unspecified atom stereocenters. The van der Waals surface area contributed by atoms with Gasteiger partial charge in [-0.2, -0.15) is 0 Å². The van der Waals surface area contributed by atoms with Crippen molar-refractivity contribution in [2.45, 2.75) is 368 Å². The summed E-state index contributed by atoms with van der Waals surface area (Å²) in [7, 11) is 0. The predicted molar refractivity (Wildman–Crippen MR) is 303 cm³/mol. The molecule has 0 amide bonds. The summed E-state index contributed by atoms with van der Waals surface area (Å²) in [5.74, 6) is 0.866. The molecule has 0 saturated carbocycles. The molecule has 0 aromatic heterocycles. The molecule has 0 aromatic carbocycles. The van der Waals surface area contributed by atoms with E-state index in [1.807, 2.05) is 0 Å². The van der Waals surface area contributed by atoms with Gasteiger partial charge in [-0.3, -0.25) is 14.4 Å². The van der Waals surface area contributed by atoms with E-state index in [0.29, 0.717) is 19.3 Å². The lowest BCUT2D eigenvalue weighted by molar-refractivity contribution is -0.167. The van der Waals surface area contributed by atoms with Crippen LogP contribution in [0.1, 0.15) is 362 Å². The fourth-order valence-corrected chi connectivity index (χ4v) is 9.93. The third kappa shape index (κ3) is 57.3. The Labute approximate surface area is 438 Å². The maximum atomic E-state index is 12.9. The second-order valence-electron chi connectivity index (χ2n) is 23.0. The zero-order valence-electron chi connectivity index (χ0n) is 48.2. The SMILES string of the molecule is CCCCCCCCCCCCCCCCCCC(=O)OC[C@H](COC(=O)CCCCCCCCCCCCCCCCC(C)C)OC(=O)CCCCCCCCCCCCCCCCCCC(C)C. The highest BCUT2D eigenvalue weighted by atomic mass is 16.6. The molecule has 70 heavy (non-hydrogen) atoms. The number of esters is 3. The van der Waals surface area contributed by atoms with Gasteiger partial charge < -0.3 is 14.2 Å². The molecule has 0 aromatic rings. The standard InChI is InChI=1S/C64H124O6/c1-6-7-8-9-10-11-12-13-14-18-24-29-34-39-44-49-54-62(65)68-57-61(58-69-63(66)55-50-45-40-35-30-25-21-20-23-28-33-38-43-48-53-60(4)5)70-64(67)56-51-46-41-36-31-26-19-16-15-17-22-27-32-37-42-47-52-59(2)3/h59-61H,6-58H2,1-5H3/t61-/m1/s1. The average Bonchev–Trinajstić information content (AvgIpc) is 3.33. The number of unbranched alkanes of at least 4 members (excludes halogenated alkanes) is 43. The third-order valence-electron chi connectivity index (χ3n) is 14.7. The van der Waals surface area contributed by atoms with Crippen LogP contribution in [0.25, 0.3) is 0 Å². The number of ether oxygens (including phenoxy) is 3. The zero-order valence-corrected chi connectivity index (χ0v) is 48.2. The molecule has 0 rings (SSSR count). The Bertz CT molecular complexity index is 1070. The number of hydrogen-bond acceptors (Lipinski definition) is 6. The molecule has 0 radical (unpaired) electrons. The summed E-state index contributed by atoms with van der Waals surface area (Å²) < 4.78 is 17.0.